The van der Waals surface area contributed by atoms with E-state index in [4.69, 9.17) is 17.0 Å². The molecule has 9 heteroatoms. The van der Waals surface area contributed by atoms with Crippen molar-refractivity contribution >= 4 is 46.0 Å². The van der Waals surface area contributed by atoms with E-state index in [9.17, 15) is 14.9 Å². The number of carbonyl (C=O) groups excluding carboxylic acids is 1. The Morgan fingerprint density at radius 3 is 2.63 bits per heavy atom. The zero-order chi connectivity index (χ0) is 19.4. The van der Waals surface area contributed by atoms with Crippen LogP contribution in [-0.4, -0.2) is 23.1 Å². The molecule has 3 N–H and O–H groups in total. The molecule has 0 aliphatic carbocycles. The summed E-state index contributed by atoms with van der Waals surface area (Å²) in [7, 11) is 1.54. The number of fused-ring (bicyclic) bond motifs is 1. The van der Waals surface area contributed by atoms with Crippen molar-refractivity contribution in [1.29, 1.82) is 0 Å². The van der Waals surface area contributed by atoms with Crippen LogP contribution in [-0.2, 0) is 11.2 Å². The number of ether oxygens (including phenoxy) is 1. The molecule has 0 atom stereocenters. The summed E-state index contributed by atoms with van der Waals surface area (Å²) in [6, 6.07) is 9.64. The van der Waals surface area contributed by atoms with Crippen LogP contribution in [0.3, 0.4) is 0 Å². The number of anilines is 3. The van der Waals surface area contributed by atoms with E-state index >= 15 is 0 Å². The molecule has 0 aromatic heterocycles. The number of nitrogens with zero attached hydrogens (tertiary/aromatic N) is 1. The number of rotatable bonds is 4. The molecule has 1 heterocycles. The van der Waals surface area contributed by atoms with E-state index in [2.05, 4.69) is 16.0 Å². The van der Waals surface area contributed by atoms with Gasteiger partial charge in [0.05, 0.1) is 17.7 Å². The number of carbonyl (C=O) groups is 1. The van der Waals surface area contributed by atoms with Gasteiger partial charge >= 0.3 is 0 Å². The second-order valence-electron chi connectivity index (χ2n) is 5.99. The molecule has 1 aliphatic rings. The summed E-state index contributed by atoms with van der Waals surface area (Å²) >= 11 is 5.33. The summed E-state index contributed by atoms with van der Waals surface area (Å²) in [5.74, 6) is 0.538. The summed E-state index contributed by atoms with van der Waals surface area (Å²) in [5.41, 5.74) is 3.05. The van der Waals surface area contributed by atoms with Gasteiger partial charge in [0.2, 0.25) is 5.91 Å². The summed E-state index contributed by atoms with van der Waals surface area (Å²) in [5, 5.41) is 20.0. The predicted octanol–water partition coefficient (Wildman–Crippen LogP) is 3.69. The standard InChI is InChI=1S/C18H18N4O4S/c1-26-16-10-14-11(3-2-4-17(23)20-14)9-15(16)21-18(27)19-12-5-7-13(8-6-12)22(24)25/h5-10H,2-4H2,1H3,(H,20,23)(H2,19,21,27). The van der Waals surface area contributed by atoms with Crippen molar-refractivity contribution in [3.8, 4) is 5.75 Å². The summed E-state index contributed by atoms with van der Waals surface area (Å²) in [6.45, 7) is 0. The minimum atomic E-state index is -0.459. The molecule has 0 bridgehead atoms. The van der Waals surface area contributed by atoms with Crippen LogP contribution in [0.2, 0.25) is 0 Å². The van der Waals surface area contributed by atoms with Crippen LogP contribution in [0.25, 0.3) is 0 Å². The molecule has 27 heavy (non-hydrogen) atoms. The lowest BCUT2D eigenvalue weighted by atomic mass is 10.1. The molecule has 0 saturated heterocycles. The van der Waals surface area contributed by atoms with Crippen LogP contribution < -0.4 is 20.7 Å². The van der Waals surface area contributed by atoms with E-state index < -0.39 is 4.92 Å². The molecule has 1 amide bonds. The van der Waals surface area contributed by atoms with Crippen molar-refractivity contribution in [2.75, 3.05) is 23.1 Å². The van der Waals surface area contributed by atoms with Gasteiger partial charge in [-0.25, -0.2) is 0 Å². The van der Waals surface area contributed by atoms with E-state index in [1.54, 1.807) is 18.2 Å². The van der Waals surface area contributed by atoms with Gasteiger partial charge in [-0.3, -0.25) is 14.9 Å². The van der Waals surface area contributed by atoms with Gasteiger partial charge in [0.25, 0.3) is 5.69 Å². The van der Waals surface area contributed by atoms with Gasteiger partial charge in [-0.15, -0.1) is 0 Å². The molecule has 0 fully saturated rings. The number of benzene rings is 2. The fraction of sp³-hybridized carbons (Fsp3) is 0.222. The molecule has 8 nitrogen and oxygen atoms in total. The minimum Gasteiger partial charge on any atom is -0.494 e. The number of nitro groups is 1. The summed E-state index contributed by atoms with van der Waals surface area (Å²) in [6.07, 6.45) is 2.03. The van der Waals surface area contributed by atoms with E-state index in [1.165, 1.54) is 19.2 Å². The van der Waals surface area contributed by atoms with Crippen molar-refractivity contribution in [2.24, 2.45) is 0 Å². The van der Waals surface area contributed by atoms with Gasteiger partial charge < -0.3 is 20.7 Å². The Labute approximate surface area is 161 Å². The van der Waals surface area contributed by atoms with Crippen LogP contribution in [0.15, 0.2) is 36.4 Å². The highest BCUT2D eigenvalue weighted by Crippen LogP contribution is 2.34. The Morgan fingerprint density at radius 2 is 1.96 bits per heavy atom. The normalized spacial score (nSPS) is 13.0. The minimum absolute atomic E-state index is 0.00753. The number of amides is 1. The first-order valence-electron chi connectivity index (χ1n) is 8.29. The molecule has 0 unspecified atom stereocenters. The number of hydrogen-bond acceptors (Lipinski definition) is 5. The third-order valence-corrected chi connectivity index (χ3v) is 4.34. The van der Waals surface area contributed by atoms with Crippen molar-refractivity contribution in [3.63, 3.8) is 0 Å². The molecular formula is C18H18N4O4S. The maximum Gasteiger partial charge on any atom is 0.269 e. The summed E-state index contributed by atoms with van der Waals surface area (Å²) < 4.78 is 5.40. The Bertz CT molecular complexity index is 899. The highest BCUT2D eigenvalue weighted by molar-refractivity contribution is 7.80. The zero-order valence-electron chi connectivity index (χ0n) is 14.6. The van der Waals surface area contributed by atoms with Crippen LogP contribution in [0.1, 0.15) is 18.4 Å². The zero-order valence-corrected chi connectivity index (χ0v) is 15.4. The quantitative estimate of drug-likeness (QED) is 0.418. The fourth-order valence-electron chi connectivity index (χ4n) is 2.82. The van der Waals surface area contributed by atoms with Gasteiger partial charge in [0.15, 0.2) is 5.11 Å². The smallest absolute Gasteiger partial charge is 0.269 e. The third kappa shape index (κ3) is 4.50. The Kier molecular flexibility index (Phi) is 5.51. The van der Waals surface area contributed by atoms with Crippen molar-refractivity contribution in [3.05, 3.63) is 52.1 Å². The van der Waals surface area contributed by atoms with Crippen molar-refractivity contribution in [1.82, 2.24) is 0 Å². The van der Waals surface area contributed by atoms with Gasteiger partial charge in [-0.2, -0.15) is 0 Å². The van der Waals surface area contributed by atoms with Gasteiger partial charge in [0, 0.05) is 36.0 Å². The molecular weight excluding hydrogens is 368 g/mol. The first-order chi connectivity index (χ1) is 13.0. The van der Waals surface area contributed by atoms with Gasteiger partial charge in [-0.05, 0) is 48.8 Å². The number of hydrogen-bond donors (Lipinski definition) is 3. The van der Waals surface area contributed by atoms with Crippen LogP contribution in [0.4, 0.5) is 22.7 Å². The van der Waals surface area contributed by atoms with E-state index in [-0.39, 0.29) is 11.6 Å². The molecule has 3 rings (SSSR count). The van der Waals surface area contributed by atoms with Crippen LogP contribution >= 0.6 is 12.2 Å². The third-order valence-electron chi connectivity index (χ3n) is 4.13. The number of non-ortho nitro benzene ring substituents is 1. The average Bonchev–Trinajstić information content (AvgIpc) is 2.81. The first kappa shape index (κ1) is 18.6. The van der Waals surface area contributed by atoms with Crippen LogP contribution in [0.5, 0.6) is 5.75 Å². The maximum atomic E-state index is 11.7. The van der Waals surface area contributed by atoms with Crippen LogP contribution in [0, 0.1) is 10.1 Å². The van der Waals surface area contributed by atoms with Crippen molar-refractivity contribution in [2.45, 2.75) is 19.3 Å². The maximum absolute atomic E-state index is 11.7. The van der Waals surface area contributed by atoms with E-state index in [1.807, 2.05) is 6.07 Å². The lowest BCUT2D eigenvalue weighted by Gasteiger charge is -2.17. The number of methoxy groups -OCH3 is 1. The first-order valence-corrected chi connectivity index (χ1v) is 8.70. The fourth-order valence-corrected chi connectivity index (χ4v) is 3.05. The Balaban J connectivity index is 1.76. The van der Waals surface area contributed by atoms with E-state index in [0.29, 0.717) is 28.7 Å². The molecule has 0 spiro atoms. The molecule has 2 aromatic rings. The SMILES string of the molecule is COc1cc2c(cc1NC(=S)Nc1ccc([N+](=O)[O-])cc1)CCCC(=O)N2. The molecule has 2 aromatic carbocycles. The number of aryl methyl sites for hydroxylation is 1. The van der Waals surface area contributed by atoms with E-state index in [0.717, 1.165) is 24.1 Å². The van der Waals surface area contributed by atoms with Gasteiger partial charge in [-0.1, -0.05) is 0 Å². The Morgan fingerprint density at radius 1 is 1.22 bits per heavy atom. The number of nitro benzene ring substituents is 1. The topological polar surface area (TPSA) is 106 Å². The Hall–Kier alpha value is -3.20. The second kappa shape index (κ2) is 8.00. The number of nitrogens with one attached hydrogen (secondary N) is 3. The molecule has 140 valence electrons. The molecule has 0 saturated carbocycles. The lowest BCUT2D eigenvalue weighted by Crippen LogP contribution is -2.19. The average molecular weight is 386 g/mol. The second-order valence-corrected chi connectivity index (χ2v) is 6.40. The highest BCUT2D eigenvalue weighted by Gasteiger charge is 2.17. The molecule has 1 aliphatic heterocycles. The monoisotopic (exact) mass is 386 g/mol. The van der Waals surface area contributed by atoms with Gasteiger partial charge in [0.1, 0.15) is 5.75 Å². The highest BCUT2D eigenvalue weighted by atomic mass is 32.1. The largest absolute Gasteiger partial charge is 0.494 e. The van der Waals surface area contributed by atoms with Crippen molar-refractivity contribution < 1.29 is 14.5 Å². The number of thiocarbonyl (C=S) groups is 1. The predicted molar refractivity (Wildman–Crippen MR) is 108 cm³/mol. The summed E-state index contributed by atoms with van der Waals surface area (Å²) in [4.78, 5) is 22.0. The lowest BCUT2D eigenvalue weighted by molar-refractivity contribution is -0.384. The molecule has 0 radical (unpaired) electrons.